The first kappa shape index (κ1) is 23.3. The summed E-state index contributed by atoms with van der Waals surface area (Å²) in [6, 6.07) is 12.7. The fraction of sp³-hybridized carbons (Fsp3) is 0.393. The lowest BCUT2D eigenvalue weighted by atomic mass is 9.85. The summed E-state index contributed by atoms with van der Waals surface area (Å²) in [5.41, 5.74) is 5.23. The maximum Gasteiger partial charge on any atom is 0.254 e. The number of rotatable bonds is 4. The second-order valence-corrected chi connectivity index (χ2v) is 9.44. The van der Waals surface area contributed by atoms with Gasteiger partial charge in [0.15, 0.2) is 0 Å². The first-order valence-corrected chi connectivity index (χ1v) is 12.2. The number of amides is 1. The molecule has 7 heteroatoms. The molecule has 0 aliphatic carbocycles. The van der Waals surface area contributed by atoms with Gasteiger partial charge in [-0.2, -0.15) is 5.26 Å². The number of hydrogen-bond donors (Lipinski definition) is 1. The van der Waals surface area contributed by atoms with Crippen LogP contribution in [0.2, 0.25) is 0 Å². The van der Waals surface area contributed by atoms with Gasteiger partial charge in [-0.3, -0.25) is 4.79 Å². The van der Waals surface area contributed by atoms with E-state index in [1.165, 1.54) is 0 Å². The summed E-state index contributed by atoms with van der Waals surface area (Å²) in [7, 11) is 0. The number of carbonyl (C=O) groups excluding carboxylic acids is 1. The van der Waals surface area contributed by atoms with Gasteiger partial charge in [0.1, 0.15) is 11.5 Å². The number of aromatic nitrogens is 2. The third kappa shape index (κ3) is 4.35. The molecule has 3 heterocycles. The molecule has 0 unspecified atom stereocenters. The number of nitriles is 1. The Balaban J connectivity index is 1.38. The van der Waals surface area contributed by atoms with E-state index >= 15 is 4.39 Å². The zero-order chi connectivity index (χ0) is 24.6. The van der Waals surface area contributed by atoms with Gasteiger partial charge in [0, 0.05) is 43.5 Å². The predicted molar refractivity (Wildman–Crippen MR) is 131 cm³/mol. The Hall–Kier alpha value is -3.50. The molecule has 2 aromatic carbocycles. The van der Waals surface area contributed by atoms with Crippen molar-refractivity contribution >= 4 is 5.91 Å². The smallest absolute Gasteiger partial charge is 0.254 e. The number of piperidine rings is 1. The summed E-state index contributed by atoms with van der Waals surface area (Å²) >= 11 is 0. The normalized spacial score (nSPS) is 17.0. The van der Waals surface area contributed by atoms with Gasteiger partial charge in [0.25, 0.3) is 5.91 Å². The summed E-state index contributed by atoms with van der Waals surface area (Å²) in [5.74, 6) is 0.696. The van der Waals surface area contributed by atoms with E-state index in [-0.39, 0.29) is 18.7 Å². The van der Waals surface area contributed by atoms with Gasteiger partial charge in [0.05, 0.1) is 36.2 Å². The number of fused-ring (bicyclic) bond motifs is 1. The Morgan fingerprint density at radius 2 is 2.00 bits per heavy atom. The minimum atomic E-state index is -1.49. The van der Waals surface area contributed by atoms with Crippen LogP contribution in [-0.4, -0.2) is 40.5 Å². The van der Waals surface area contributed by atoms with Crippen molar-refractivity contribution in [3.05, 3.63) is 75.6 Å². The van der Waals surface area contributed by atoms with Crippen LogP contribution in [-0.2, 0) is 29.9 Å². The fourth-order valence-corrected chi connectivity index (χ4v) is 5.12. The zero-order valence-corrected chi connectivity index (χ0v) is 20.2. The molecule has 2 aliphatic rings. The van der Waals surface area contributed by atoms with E-state index in [9.17, 15) is 4.79 Å². The van der Waals surface area contributed by atoms with Crippen molar-refractivity contribution in [2.45, 2.75) is 51.8 Å². The van der Waals surface area contributed by atoms with Crippen LogP contribution in [0.25, 0.3) is 11.4 Å². The number of H-pyrrole nitrogens is 1. The average molecular weight is 473 g/mol. The van der Waals surface area contributed by atoms with E-state index in [1.54, 1.807) is 29.2 Å². The van der Waals surface area contributed by atoms with Crippen molar-refractivity contribution in [2.75, 3.05) is 19.7 Å². The third-order valence-electron chi connectivity index (χ3n) is 7.29. The highest BCUT2D eigenvalue weighted by Gasteiger charge is 2.38. The lowest BCUT2D eigenvalue weighted by Crippen LogP contribution is -2.43. The Morgan fingerprint density at radius 1 is 1.26 bits per heavy atom. The largest absolute Gasteiger partial charge is 0.375 e. The van der Waals surface area contributed by atoms with Gasteiger partial charge >= 0.3 is 0 Å². The zero-order valence-electron chi connectivity index (χ0n) is 20.2. The molecule has 2 aliphatic heterocycles. The van der Waals surface area contributed by atoms with Crippen molar-refractivity contribution < 1.29 is 13.9 Å². The number of aryl methyl sites for hydroxylation is 2. The topological polar surface area (TPSA) is 82.0 Å². The molecule has 0 spiro atoms. The Kier molecular flexibility index (Phi) is 6.16. The third-order valence-corrected chi connectivity index (χ3v) is 7.29. The van der Waals surface area contributed by atoms with Crippen molar-refractivity contribution in [2.24, 2.45) is 0 Å². The maximum absolute atomic E-state index is 15.7. The molecule has 35 heavy (non-hydrogen) atoms. The summed E-state index contributed by atoms with van der Waals surface area (Å²) in [6.07, 6.45) is 2.07. The van der Waals surface area contributed by atoms with E-state index in [0.717, 1.165) is 46.7 Å². The van der Waals surface area contributed by atoms with Crippen LogP contribution in [0.1, 0.15) is 63.8 Å². The molecule has 1 fully saturated rings. The molecule has 1 saturated heterocycles. The van der Waals surface area contributed by atoms with Gasteiger partial charge in [-0.05, 0) is 48.2 Å². The van der Waals surface area contributed by atoms with Crippen LogP contribution in [0, 0.1) is 18.3 Å². The molecule has 0 radical (unpaired) electrons. The Labute approximate surface area is 204 Å². The number of halogens is 1. The van der Waals surface area contributed by atoms with Crippen LogP contribution in [0.5, 0.6) is 0 Å². The number of imidazole rings is 1. The van der Waals surface area contributed by atoms with Crippen LogP contribution in [0.4, 0.5) is 4.39 Å². The minimum Gasteiger partial charge on any atom is -0.375 e. The van der Waals surface area contributed by atoms with Crippen LogP contribution in [0.15, 0.2) is 36.4 Å². The van der Waals surface area contributed by atoms with E-state index in [4.69, 9.17) is 15.0 Å². The number of aromatic amines is 1. The summed E-state index contributed by atoms with van der Waals surface area (Å²) < 4.78 is 21.3. The van der Waals surface area contributed by atoms with Crippen molar-refractivity contribution in [3.63, 3.8) is 0 Å². The molecule has 0 saturated carbocycles. The first-order chi connectivity index (χ1) is 16.9. The van der Waals surface area contributed by atoms with Gasteiger partial charge in [-0.15, -0.1) is 0 Å². The van der Waals surface area contributed by atoms with E-state index in [2.05, 4.69) is 24.0 Å². The average Bonchev–Trinajstić information content (AvgIpc) is 3.32. The summed E-state index contributed by atoms with van der Waals surface area (Å²) in [5, 5.41) is 9.00. The molecule has 3 aromatic rings. The summed E-state index contributed by atoms with van der Waals surface area (Å²) in [6.45, 7) is 5.93. The highest BCUT2D eigenvalue weighted by molar-refractivity contribution is 5.97. The number of likely N-dealkylation sites (tertiary alicyclic amines) is 1. The molecule has 180 valence electrons. The molecule has 6 nitrogen and oxygen atoms in total. The molecule has 0 bridgehead atoms. The van der Waals surface area contributed by atoms with Crippen molar-refractivity contribution in [1.82, 2.24) is 14.9 Å². The van der Waals surface area contributed by atoms with Gasteiger partial charge in [-0.1, -0.05) is 25.1 Å². The molecule has 1 N–H and O–H groups in total. The molecular formula is C28H29FN4O2. The minimum absolute atomic E-state index is 0.0760. The standard InChI is InChI=1S/C28H29FN4O2/c1-3-20-14-18(2)22(15-23(20)26-31-24-8-13-35-17-25(24)32-26)27(34)33-11-9-28(29,10-12-33)21-6-4-19(16-30)5-7-21/h4-7,14-15H,3,8-13,17H2,1-2H3,(H,31,32). The highest BCUT2D eigenvalue weighted by atomic mass is 19.1. The lowest BCUT2D eigenvalue weighted by molar-refractivity contribution is 0.0421. The monoisotopic (exact) mass is 472 g/mol. The quantitative estimate of drug-likeness (QED) is 0.580. The number of carbonyl (C=O) groups is 1. The van der Waals surface area contributed by atoms with Crippen molar-refractivity contribution in [3.8, 4) is 17.5 Å². The Bertz CT molecular complexity index is 1270. The van der Waals surface area contributed by atoms with Gasteiger partial charge < -0.3 is 14.6 Å². The van der Waals surface area contributed by atoms with Crippen molar-refractivity contribution in [1.29, 1.82) is 5.26 Å². The molecular weight excluding hydrogens is 443 g/mol. The molecule has 5 rings (SSSR count). The number of nitrogens with zero attached hydrogens (tertiary/aromatic N) is 3. The second kappa shape index (κ2) is 9.27. The number of ether oxygens (including phenoxy) is 1. The fourth-order valence-electron chi connectivity index (χ4n) is 5.12. The molecule has 1 amide bonds. The van der Waals surface area contributed by atoms with E-state index in [1.807, 2.05) is 13.0 Å². The number of benzene rings is 2. The molecule has 0 atom stereocenters. The predicted octanol–water partition coefficient (Wildman–Crippen LogP) is 4.99. The van der Waals surface area contributed by atoms with E-state index < -0.39 is 5.67 Å². The maximum atomic E-state index is 15.7. The second-order valence-electron chi connectivity index (χ2n) is 9.44. The van der Waals surface area contributed by atoms with Gasteiger partial charge in [-0.25, -0.2) is 9.37 Å². The molecule has 1 aromatic heterocycles. The SMILES string of the molecule is CCc1cc(C)c(C(=O)N2CCC(F)(c3ccc(C#N)cc3)CC2)cc1-c1nc2c([nH]1)COCC2. The van der Waals surface area contributed by atoms with Gasteiger partial charge in [0.2, 0.25) is 0 Å². The lowest BCUT2D eigenvalue weighted by Gasteiger charge is -2.37. The number of nitrogens with one attached hydrogen (secondary N) is 1. The summed E-state index contributed by atoms with van der Waals surface area (Å²) in [4.78, 5) is 23.5. The first-order valence-electron chi connectivity index (χ1n) is 12.2. The highest BCUT2D eigenvalue weighted by Crippen LogP contribution is 2.38. The Morgan fingerprint density at radius 3 is 2.66 bits per heavy atom. The van der Waals surface area contributed by atoms with Crippen LogP contribution < -0.4 is 0 Å². The van der Waals surface area contributed by atoms with Crippen LogP contribution >= 0.6 is 0 Å². The number of hydrogen-bond acceptors (Lipinski definition) is 4. The number of alkyl halides is 1. The van der Waals surface area contributed by atoms with E-state index in [0.29, 0.717) is 43.0 Å². The van der Waals surface area contributed by atoms with Crippen LogP contribution in [0.3, 0.4) is 0 Å².